The van der Waals surface area contributed by atoms with Crippen LogP contribution in [0.4, 0.5) is 0 Å². The van der Waals surface area contributed by atoms with Crippen LogP contribution in [0.25, 0.3) is 0 Å². The van der Waals surface area contributed by atoms with Crippen molar-refractivity contribution in [2.75, 3.05) is 19.7 Å². The van der Waals surface area contributed by atoms with Gasteiger partial charge in [0.2, 0.25) is 0 Å². The lowest BCUT2D eigenvalue weighted by molar-refractivity contribution is 0.0705. The molecule has 1 fully saturated rings. The zero-order valence-electron chi connectivity index (χ0n) is 5.97. The van der Waals surface area contributed by atoms with Gasteiger partial charge in [0.15, 0.2) is 0 Å². The van der Waals surface area contributed by atoms with Gasteiger partial charge in [0.1, 0.15) is 0 Å². The number of nitrogens with one attached hydrogen (secondary N) is 1. The number of nitriles is 1. The summed E-state index contributed by atoms with van der Waals surface area (Å²) in [6.07, 6.45) is 1.68. The van der Waals surface area contributed by atoms with E-state index in [0.29, 0.717) is 6.42 Å². The van der Waals surface area contributed by atoms with Crippen LogP contribution in [0.1, 0.15) is 12.8 Å². The fraction of sp³-hybridized carbons (Fsp3) is 0.857. The predicted molar refractivity (Wildman–Crippen MR) is 37.5 cm³/mol. The maximum absolute atomic E-state index is 8.35. The van der Waals surface area contributed by atoms with Crippen molar-refractivity contribution in [2.24, 2.45) is 0 Å². The summed E-state index contributed by atoms with van der Waals surface area (Å²) in [6.45, 7) is 2.63. The van der Waals surface area contributed by atoms with E-state index in [1.807, 2.05) is 0 Å². The van der Waals surface area contributed by atoms with E-state index in [4.69, 9.17) is 10.00 Å². The van der Waals surface area contributed by atoms with Gasteiger partial charge >= 0.3 is 0 Å². The van der Waals surface area contributed by atoms with Gasteiger partial charge in [0.25, 0.3) is 0 Å². The summed E-state index contributed by atoms with van der Waals surface area (Å²) in [4.78, 5) is 0. The third-order valence-electron chi connectivity index (χ3n) is 1.54. The van der Waals surface area contributed by atoms with E-state index in [-0.39, 0.29) is 6.10 Å². The van der Waals surface area contributed by atoms with Crippen LogP contribution in [0.2, 0.25) is 0 Å². The fourth-order valence-electron chi connectivity index (χ4n) is 1.00. The van der Waals surface area contributed by atoms with Crippen molar-refractivity contribution in [3.8, 4) is 6.07 Å². The highest BCUT2D eigenvalue weighted by molar-refractivity contribution is 4.78. The van der Waals surface area contributed by atoms with Crippen LogP contribution in [-0.4, -0.2) is 25.8 Å². The van der Waals surface area contributed by atoms with E-state index < -0.39 is 0 Å². The topological polar surface area (TPSA) is 45.0 Å². The van der Waals surface area contributed by atoms with Crippen molar-refractivity contribution in [1.29, 1.82) is 5.26 Å². The lowest BCUT2D eigenvalue weighted by Gasteiger charge is -2.09. The van der Waals surface area contributed by atoms with Crippen molar-refractivity contribution in [1.82, 2.24) is 5.32 Å². The zero-order chi connectivity index (χ0) is 7.23. The molecule has 0 spiro atoms. The Hall–Kier alpha value is -0.590. The van der Waals surface area contributed by atoms with Gasteiger partial charge in [-0.15, -0.1) is 0 Å². The fourth-order valence-corrected chi connectivity index (χ4v) is 1.00. The summed E-state index contributed by atoms with van der Waals surface area (Å²) in [5, 5.41) is 11.6. The molecule has 1 rings (SSSR count). The third-order valence-corrected chi connectivity index (χ3v) is 1.54. The molecule has 1 unspecified atom stereocenters. The molecule has 0 aromatic rings. The molecule has 0 aromatic carbocycles. The minimum absolute atomic E-state index is 0.118. The first-order chi connectivity index (χ1) is 4.93. The second-order valence-corrected chi connectivity index (χ2v) is 2.41. The van der Waals surface area contributed by atoms with Crippen molar-refractivity contribution in [3.05, 3.63) is 0 Å². The first-order valence-electron chi connectivity index (χ1n) is 3.63. The van der Waals surface area contributed by atoms with E-state index in [9.17, 15) is 0 Å². The number of nitrogens with zero attached hydrogens (tertiary/aromatic N) is 1. The standard InChI is InChI=1S/C7H12N2O/c8-3-2-7-6-9-4-1-5-10-7/h7,9H,1-2,4-6H2. The van der Waals surface area contributed by atoms with E-state index in [1.54, 1.807) is 0 Å². The van der Waals surface area contributed by atoms with E-state index in [0.717, 1.165) is 26.1 Å². The second-order valence-electron chi connectivity index (χ2n) is 2.41. The normalized spacial score (nSPS) is 26.9. The Morgan fingerprint density at radius 1 is 1.70 bits per heavy atom. The first kappa shape index (κ1) is 7.52. The predicted octanol–water partition coefficient (Wildman–Crippen LogP) is 0.279. The van der Waals surface area contributed by atoms with Crippen LogP contribution in [0.5, 0.6) is 0 Å². The molecular formula is C7H12N2O. The van der Waals surface area contributed by atoms with Gasteiger partial charge in [0, 0.05) is 13.2 Å². The molecule has 0 saturated carbocycles. The molecule has 3 nitrogen and oxygen atoms in total. The molecule has 1 heterocycles. The Morgan fingerprint density at radius 2 is 2.60 bits per heavy atom. The zero-order valence-corrected chi connectivity index (χ0v) is 5.97. The Labute approximate surface area is 61.0 Å². The maximum Gasteiger partial charge on any atom is 0.0829 e. The van der Waals surface area contributed by atoms with Gasteiger partial charge in [-0.2, -0.15) is 5.26 Å². The summed E-state index contributed by atoms with van der Waals surface area (Å²) in [5.41, 5.74) is 0. The van der Waals surface area contributed by atoms with E-state index in [2.05, 4.69) is 11.4 Å². The quantitative estimate of drug-likeness (QED) is 0.569. The second kappa shape index (κ2) is 4.26. The molecule has 1 atom stereocenters. The maximum atomic E-state index is 8.35. The highest BCUT2D eigenvalue weighted by Gasteiger charge is 2.10. The lowest BCUT2D eigenvalue weighted by Crippen LogP contribution is -2.25. The molecule has 1 aliphatic rings. The SMILES string of the molecule is N#CCC1CNCCCO1. The Morgan fingerprint density at radius 3 is 3.40 bits per heavy atom. The van der Waals surface area contributed by atoms with Crippen LogP contribution in [-0.2, 0) is 4.74 Å². The highest BCUT2D eigenvalue weighted by atomic mass is 16.5. The summed E-state index contributed by atoms with van der Waals surface area (Å²) >= 11 is 0. The van der Waals surface area contributed by atoms with Gasteiger partial charge in [-0.1, -0.05) is 0 Å². The van der Waals surface area contributed by atoms with Crippen LogP contribution in [0.15, 0.2) is 0 Å². The average molecular weight is 140 g/mol. The molecule has 0 aliphatic carbocycles. The molecule has 0 bridgehead atoms. The number of hydrogen-bond donors (Lipinski definition) is 1. The Balaban J connectivity index is 2.23. The van der Waals surface area contributed by atoms with Crippen molar-refractivity contribution in [3.63, 3.8) is 0 Å². The van der Waals surface area contributed by atoms with Gasteiger partial charge < -0.3 is 10.1 Å². The summed E-state index contributed by atoms with van der Waals surface area (Å²) in [5.74, 6) is 0. The monoisotopic (exact) mass is 140 g/mol. The Kier molecular flexibility index (Phi) is 3.20. The number of hydrogen-bond acceptors (Lipinski definition) is 3. The third kappa shape index (κ3) is 2.34. The molecule has 56 valence electrons. The molecule has 0 aromatic heterocycles. The van der Waals surface area contributed by atoms with Crippen molar-refractivity contribution < 1.29 is 4.74 Å². The Bertz CT molecular complexity index is 122. The largest absolute Gasteiger partial charge is 0.376 e. The van der Waals surface area contributed by atoms with Gasteiger partial charge in [0.05, 0.1) is 18.6 Å². The van der Waals surface area contributed by atoms with E-state index >= 15 is 0 Å². The van der Waals surface area contributed by atoms with Crippen LogP contribution in [0, 0.1) is 11.3 Å². The molecule has 3 heteroatoms. The van der Waals surface area contributed by atoms with Crippen molar-refractivity contribution in [2.45, 2.75) is 18.9 Å². The molecule has 10 heavy (non-hydrogen) atoms. The molecule has 1 N–H and O–H groups in total. The van der Waals surface area contributed by atoms with E-state index in [1.165, 1.54) is 0 Å². The summed E-state index contributed by atoms with van der Waals surface area (Å²) in [7, 11) is 0. The summed E-state index contributed by atoms with van der Waals surface area (Å²) < 4.78 is 5.36. The molecule has 0 amide bonds. The molecule has 1 saturated heterocycles. The van der Waals surface area contributed by atoms with Crippen LogP contribution in [0.3, 0.4) is 0 Å². The van der Waals surface area contributed by atoms with Crippen LogP contribution >= 0.6 is 0 Å². The minimum Gasteiger partial charge on any atom is -0.376 e. The average Bonchev–Trinajstić information content (AvgIpc) is 2.17. The highest BCUT2D eigenvalue weighted by Crippen LogP contribution is 2.00. The number of rotatable bonds is 1. The first-order valence-corrected chi connectivity index (χ1v) is 3.63. The smallest absolute Gasteiger partial charge is 0.0829 e. The number of ether oxygens (including phenoxy) is 1. The van der Waals surface area contributed by atoms with Gasteiger partial charge in [-0.3, -0.25) is 0 Å². The molecule has 1 aliphatic heterocycles. The van der Waals surface area contributed by atoms with Crippen molar-refractivity contribution >= 4 is 0 Å². The molecule has 0 radical (unpaired) electrons. The van der Waals surface area contributed by atoms with Gasteiger partial charge in [-0.05, 0) is 13.0 Å². The lowest BCUT2D eigenvalue weighted by atomic mass is 10.3. The van der Waals surface area contributed by atoms with Gasteiger partial charge in [-0.25, -0.2) is 0 Å². The summed E-state index contributed by atoms with van der Waals surface area (Å²) in [6, 6.07) is 2.10. The van der Waals surface area contributed by atoms with Crippen LogP contribution < -0.4 is 5.32 Å². The minimum atomic E-state index is 0.118. The molecular weight excluding hydrogens is 128 g/mol.